The molecule has 0 bridgehead atoms. The van der Waals surface area contributed by atoms with E-state index in [9.17, 15) is 5.11 Å². The van der Waals surface area contributed by atoms with Gasteiger partial charge in [0.1, 0.15) is 11.3 Å². The zero-order valence-electron chi connectivity index (χ0n) is 10.9. The third-order valence-corrected chi connectivity index (χ3v) is 3.98. The van der Waals surface area contributed by atoms with Gasteiger partial charge in [-0.05, 0) is 48.0 Å². The first-order valence-corrected chi connectivity index (χ1v) is 7.52. The first-order chi connectivity index (χ1) is 10.1. The van der Waals surface area contributed by atoms with Crippen LogP contribution in [0.2, 0.25) is 5.02 Å². The molecule has 2 nitrogen and oxygen atoms in total. The molecule has 0 amide bonds. The molecular weight excluding hydrogens is 350 g/mol. The maximum absolute atomic E-state index is 9.89. The summed E-state index contributed by atoms with van der Waals surface area (Å²) in [4.78, 5) is 4.44. The van der Waals surface area contributed by atoms with Crippen molar-refractivity contribution < 1.29 is 5.11 Å². The number of rotatable bonds is 2. The van der Waals surface area contributed by atoms with Gasteiger partial charge in [-0.1, -0.05) is 45.7 Å². The van der Waals surface area contributed by atoms with Gasteiger partial charge in [0.15, 0.2) is 0 Å². The first kappa shape index (κ1) is 14.1. The van der Waals surface area contributed by atoms with Gasteiger partial charge in [0.05, 0.1) is 10.7 Å². The highest BCUT2D eigenvalue weighted by molar-refractivity contribution is 9.10. The Morgan fingerprint density at radius 2 is 1.71 bits per heavy atom. The number of nitrogens with zero attached hydrogens (tertiary/aromatic N) is 1. The molecule has 0 fully saturated rings. The molecule has 1 N–H and O–H groups in total. The van der Waals surface area contributed by atoms with Crippen LogP contribution in [0.25, 0.3) is 23.1 Å². The second-order valence-electron chi connectivity index (χ2n) is 4.58. The zero-order chi connectivity index (χ0) is 14.8. The zero-order valence-corrected chi connectivity index (χ0v) is 13.3. The molecule has 4 heteroatoms. The second-order valence-corrected chi connectivity index (χ2v) is 5.91. The molecule has 0 radical (unpaired) electrons. The number of hydrogen-bond donors (Lipinski definition) is 1. The van der Waals surface area contributed by atoms with Crippen LogP contribution in [0, 0.1) is 0 Å². The third kappa shape index (κ3) is 3.09. The summed E-state index contributed by atoms with van der Waals surface area (Å²) in [7, 11) is 0. The normalized spacial score (nSPS) is 11.3. The van der Waals surface area contributed by atoms with Crippen LogP contribution in [-0.4, -0.2) is 10.1 Å². The maximum Gasteiger partial charge on any atom is 0.141 e. The van der Waals surface area contributed by atoms with E-state index in [1.807, 2.05) is 48.6 Å². The number of phenolic OH excluding ortho intramolecular Hbond substituents is 1. The van der Waals surface area contributed by atoms with E-state index in [0.29, 0.717) is 10.5 Å². The highest BCUT2D eigenvalue weighted by Crippen LogP contribution is 2.29. The fraction of sp³-hybridized carbons (Fsp3) is 0. The number of halogens is 2. The van der Waals surface area contributed by atoms with Crippen LogP contribution >= 0.6 is 27.5 Å². The Kier molecular flexibility index (Phi) is 3.95. The van der Waals surface area contributed by atoms with Crippen molar-refractivity contribution in [2.45, 2.75) is 0 Å². The molecule has 0 saturated heterocycles. The fourth-order valence-electron chi connectivity index (χ4n) is 2.03. The van der Waals surface area contributed by atoms with Crippen LogP contribution in [0.5, 0.6) is 5.75 Å². The van der Waals surface area contributed by atoms with Gasteiger partial charge in [-0.25, -0.2) is 4.98 Å². The topological polar surface area (TPSA) is 33.1 Å². The SMILES string of the molecule is Oc1ccc(Cl)c2ccc(/C=C/c3ccc(Br)cc3)nc12. The van der Waals surface area contributed by atoms with Gasteiger partial charge in [0, 0.05) is 9.86 Å². The van der Waals surface area contributed by atoms with Crippen LogP contribution in [0.1, 0.15) is 11.3 Å². The number of hydrogen-bond acceptors (Lipinski definition) is 2. The van der Waals surface area contributed by atoms with Gasteiger partial charge in [-0.15, -0.1) is 0 Å². The van der Waals surface area contributed by atoms with Crippen LogP contribution in [-0.2, 0) is 0 Å². The summed E-state index contributed by atoms with van der Waals surface area (Å²) in [5, 5.41) is 11.2. The Morgan fingerprint density at radius 1 is 0.952 bits per heavy atom. The van der Waals surface area contributed by atoms with E-state index in [0.717, 1.165) is 21.1 Å². The lowest BCUT2D eigenvalue weighted by molar-refractivity contribution is 0.480. The van der Waals surface area contributed by atoms with Crippen LogP contribution in [0.15, 0.2) is 53.0 Å². The average molecular weight is 361 g/mol. The van der Waals surface area contributed by atoms with Crippen molar-refractivity contribution in [1.82, 2.24) is 4.98 Å². The summed E-state index contributed by atoms with van der Waals surface area (Å²) in [5.41, 5.74) is 2.36. The summed E-state index contributed by atoms with van der Waals surface area (Å²) in [5.74, 6) is 0.133. The predicted molar refractivity (Wildman–Crippen MR) is 91.5 cm³/mol. The number of aromatic hydroxyl groups is 1. The summed E-state index contributed by atoms with van der Waals surface area (Å²) in [6, 6.07) is 15.0. The Bertz CT molecular complexity index is 828. The molecule has 3 aromatic rings. The van der Waals surface area contributed by atoms with Crippen LogP contribution in [0.4, 0.5) is 0 Å². The van der Waals surface area contributed by atoms with E-state index < -0.39 is 0 Å². The highest BCUT2D eigenvalue weighted by atomic mass is 79.9. The summed E-state index contributed by atoms with van der Waals surface area (Å²) < 4.78 is 1.04. The number of pyridine rings is 1. The van der Waals surface area contributed by atoms with E-state index in [4.69, 9.17) is 11.6 Å². The van der Waals surface area contributed by atoms with E-state index >= 15 is 0 Å². The molecule has 2 aromatic carbocycles. The standard InChI is InChI=1S/C17H11BrClNO/c18-12-4-1-11(2-5-12)3-6-13-7-8-14-15(19)9-10-16(21)17(14)20-13/h1-10,21H/b6-3+. The third-order valence-electron chi connectivity index (χ3n) is 3.12. The molecule has 0 atom stereocenters. The van der Waals surface area contributed by atoms with Gasteiger partial charge >= 0.3 is 0 Å². The monoisotopic (exact) mass is 359 g/mol. The van der Waals surface area contributed by atoms with Gasteiger partial charge in [-0.2, -0.15) is 0 Å². The summed E-state index contributed by atoms with van der Waals surface area (Å²) in [6.07, 6.45) is 3.88. The smallest absolute Gasteiger partial charge is 0.141 e. The summed E-state index contributed by atoms with van der Waals surface area (Å²) in [6.45, 7) is 0. The average Bonchev–Trinajstić information content (AvgIpc) is 2.50. The fourth-order valence-corrected chi connectivity index (χ4v) is 2.51. The van der Waals surface area contributed by atoms with Crippen molar-refractivity contribution in [3.8, 4) is 5.75 Å². The quantitative estimate of drug-likeness (QED) is 0.652. The van der Waals surface area contributed by atoms with Crippen LogP contribution in [0.3, 0.4) is 0 Å². The van der Waals surface area contributed by atoms with E-state index in [2.05, 4.69) is 20.9 Å². The molecule has 0 aliphatic carbocycles. The highest BCUT2D eigenvalue weighted by Gasteiger charge is 2.05. The number of benzene rings is 2. The minimum atomic E-state index is 0.133. The van der Waals surface area contributed by atoms with Crippen molar-refractivity contribution in [1.29, 1.82) is 0 Å². The van der Waals surface area contributed by atoms with Gasteiger partial charge in [0.2, 0.25) is 0 Å². The number of fused-ring (bicyclic) bond motifs is 1. The summed E-state index contributed by atoms with van der Waals surface area (Å²) >= 11 is 9.50. The van der Waals surface area contributed by atoms with Gasteiger partial charge < -0.3 is 5.11 Å². The minimum absolute atomic E-state index is 0.133. The Morgan fingerprint density at radius 3 is 2.48 bits per heavy atom. The van der Waals surface area contributed by atoms with Gasteiger partial charge in [0.25, 0.3) is 0 Å². The molecule has 0 saturated carbocycles. The van der Waals surface area contributed by atoms with Gasteiger partial charge in [-0.3, -0.25) is 0 Å². The van der Waals surface area contributed by atoms with E-state index in [-0.39, 0.29) is 5.75 Å². The van der Waals surface area contributed by atoms with Crippen molar-refractivity contribution in [2.75, 3.05) is 0 Å². The maximum atomic E-state index is 9.89. The van der Waals surface area contributed by atoms with Crippen molar-refractivity contribution in [2.24, 2.45) is 0 Å². The van der Waals surface area contributed by atoms with E-state index in [1.165, 1.54) is 0 Å². The predicted octanol–water partition coefficient (Wildman–Crippen LogP) is 5.53. The Balaban J connectivity index is 1.98. The largest absolute Gasteiger partial charge is 0.506 e. The van der Waals surface area contributed by atoms with Crippen molar-refractivity contribution in [3.05, 3.63) is 69.3 Å². The molecule has 3 rings (SSSR count). The van der Waals surface area contributed by atoms with Crippen molar-refractivity contribution in [3.63, 3.8) is 0 Å². The van der Waals surface area contributed by atoms with Crippen molar-refractivity contribution >= 4 is 50.6 Å². The number of phenols is 1. The molecule has 21 heavy (non-hydrogen) atoms. The molecule has 1 aromatic heterocycles. The molecule has 104 valence electrons. The van der Waals surface area contributed by atoms with E-state index in [1.54, 1.807) is 12.1 Å². The minimum Gasteiger partial charge on any atom is -0.506 e. The Hall–Kier alpha value is -1.84. The lowest BCUT2D eigenvalue weighted by atomic mass is 10.1. The molecule has 0 spiro atoms. The first-order valence-electron chi connectivity index (χ1n) is 6.35. The molecule has 0 unspecified atom stereocenters. The Labute approximate surface area is 135 Å². The second kappa shape index (κ2) is 5.88. The lowest BCUT2D eigenvalue weighted by Crippen LogP contribution is -1.85. The molecule has 0 aliphatic rings. The molecular formula is C17H11BrClNO. The van der Waals surface area contributed by atoms with Crippen LogP contribution < -0.4 is 0 Å². The number of aromatic nitrogens is 1. The lowest BCUT2D eigenvalue weighted by Gasteiger charge is -2.03. The molecule has 0 aliphatic heterocycles. The molecule has 1 heterocycles.